The van der Waals surface area contributed by atoms with Crippen molar-refractivity contribution in [1.82, 2.24) is 5.32 Å². The van der Waals surface area contributed by atoms with Gasteiger partial charge in [-0.2, -0.15) is 11.8 Å². The van der Waals surface area contributed by atoms with Gasteiger partial charge in [0.2, 0.25) is 0 Å². The molecule has 0 aromatic rings. The van der Waals surface area contributed by atoms with Gasteiger partial charge in [-0.05, 0) is 38.4 Å². The summed E-state index contributed by atoms with van der Waals surface area (Å²) in [6.45, 7) is 0. The van der Waals surface area contributed by atoms with Crippen LogP contribution in [0.1, 0.15) is 32.1 Å². The van der Waals surface area contributed by atoms with Gasteiger partial charge in [-0.1, -0.05) is 0 Å². The summed E-state index contributed by atoms with van der Waals surface area (Å²) in [5, 5.41) is 4.63. The Bertz CT molecular complexity index is 168. The molecule has 3 heteroatoms. The number of hydrogen-bond acceptors (Lipinski definition) is 3. The fourth-order valence-electron chi connectivity index (χ4n) is 2.44. The van der Waals surface area contributed by atoms with Crippen molar-refractivity contribution in [2.24, 2.45) is 5.73 Å². The van der Waals surface area contributed by atoms with Gasteiger partial charge in [-0.15, -0.1) is 0 Å². The highest BCUT2D eigenvalue weighted by molar-refractivity contribution is 7.99. The van der Waals surface area contributed by atoms with Crippen molar-refractivity contribution >= 4 is 11.8 Å². The average Bonchev–Trinajstić information content (AvgIpc) is 2.50. The minimum atomic E-state index is 0.482. The summed E-state index contributed by atoms with van der Waals surface area (Å²) in [4.78, 5) is 0. The molecule has 0 radical (unpaired) electrons. The van der Waals surface area contributed by atoms with Crippen LogP contribution in [0, 0.1) is 0 Å². The molecular weight excluding hydrogens is 180 g/mol. The Balaban J connectivity index is 1.66. The van der Waals surface area contributed by atoms with Gasteiger partial charge >= 0.3 is 0 Å². The SMILES string of the molecule is CSC1CCC(NC2CC(N)C2)C1. The van der Waals surface area contributed by atoms with Crippen LogP contribution in [0.4, 0.5) is 0 Å². The average molecular weight is 200 g/mol. The summed E-state index contributed by atoms with van der Waals surface area (Å²) in [5.41, 5.74) is 5.75. The second-order valence-electron chi connectivity index (χ2n) is 4.46. The number of thioether (sulfide) groups is 1. The fraction of sp³-hybridized carbons (Fsp3) is 1.00. The van der Waals surface area contributed by atoms with Crippen molar-refractivity contribution in [1.29, 1.82) is 0 Å². The Morgan fingerprint density at radius 2 is 1.92 bits per heavy atom. The summed E-state index contributed by atoms with van der Waals surface area (Å²) in [7, 11) is 0. The Hall–Kier alpha value is 0.270. The number of nitrogens with two attached hydrogens (primary N) is 1. The van der Waals surface area contributed by atoms with Gasteiger partial charge in [0.05, 0.1) is 0 Å². The third-order valence-corrected chi connectivity index (χ3v) is 4.46. The van der Waals surface area contributed by atoms with Crippen LogP contribution in [-0.4, -0.2) is 29.6 Å². The van der Waals surface area contributed by atoms with Crippen LogP contribution in [0.2, 0.25) is 0 Å². The lowest BCUT2D eigenvalue weighted by atomic mass is 9.87. The highest BCUT2D eigenvalue weighted by Gasteiger charge is 2.31. The molecule has 3 N–H and O–H groups in total. The Labute approximate surface area is 85.0 Å². The van der Waals surface area contributed by atoms with Crippen molar-refractivity contribution in [3.63, 3.8) is 0 Å². The molecule has 2 atom stereocenters. The Morgan fingerprint density at radius 3 is 2.46 bits per heavy atom. The second-order valence-corrected chi connectivity index (χ2v) is 5.60. The normalized spacial score (nSPS) is 44.8. The Kier molecular flexibility index (Phi) is 3.17. The summed E-state index contributed by atoms with van der Waals surface area (Å²) in [6.07, 6.45) is 8.76. The first kappa shape index (κ1) is 9.81. The third kappa shape index (κ3) is 2.39. The van der Waals surface area contributed by atoms with Crippen molar-refractivity contribution in [2.75, 3.05) is 6.26 Å². The maximum absolute atomic E-state index is 5.75. The van der Waals surface area contributed by atoms with Gasteiger partial charge in [0.15, 0.2) is 0 Å². The number of hydrogen-bond donors (Lipinski definition) is 2. The van der Waals surface area contributed by atoms with E-state index in [1.165, 1.54) is 32.1 Å². The topological polar surface area (TPSA) is 38.0 Å². The highest BCUT2D eigenvalue weighted by atomic mass is 32.2. The molecule has 0 bridgehead atoms. The predicted molar refractivity (Wildman–Crippen MR) is 59.1 cm³/mol. The maximum atomic E-state index is 5.75. The van der Waals surface area contributed by atoms with Crippen LogP contribution >= 0.6 is 11.8 Å². The lowest BCUT2D eigenvalue weighted by Gasteiger charge is -2.35. The molecule has 76 valence electrons. The van der Waals surface area contributed by atoms with E-state index >= 15 is 0 Å². The monoisotopic (exact) mass is 200 g/mol. The zero-order valence-electron chi connectivity index (χ0n) is 8.33. The van der Waals surface area contributed by atoms with Crippen LogP contribution in [0.15, 0.2) is 0 Å². The first-order chi connectivity index (χ1) is 6.28. The first-order valence-electron chi connectivity index (χ1n) is 5.32. The molecule has 0 aliphatic heterocycles. The van der Waals surface area contributed by atoms with Gasteiger partial charge in [-0.25, -0.2) is 0 Å². The first-order valence-corrected chi connectivity index (χ1v) is 6.61. The van der Waals surface area contributed by atoms with Gasteiger partial charge in [0.1, 0.15) is 0 Å². The fourth-order valence-corrected chi connectivity index (χ4v) is 3.23. The highest BCUT2D eigenvalue weighted by Crippen LogP contribution is 2.30. The van der Waals surface area contributed by atoms with Gasteiger partial charge in [0.25, 0.3) is 0 Å². The Morgan fingerprint density at radius 1 is 1.15 bits per heavy atom. The summed E-state index contributed by atoms with van der Waals surface area (Å²) in [5.74, 6) is 0. The van der Waals surface area contributed by atoms with E-state index in [0.29, 0.717) is 6.04 Å². The van der Waals surface area contributed by atoms with Crippen molar-refractivity contribution < 1.29 is 0 Å². The zero-order valence-corrected chi connectivity index (χ0v) is 9.15. The molecule has 2 rings (SSSR count). The molecule has 0 saturated heterocycles. The predicted octanol–water partition coefficient (Wildman–Crippen LogP) is 1.35. The molecule has 0 heterocycles. The molecular formula is C10H20N2S. The zero-order chi connectivity index (χ0) is 9.26. The minimum absolute atomic E-state index is 0.482. The lowest BCUT2D eigenvalue weighted by Crippen LogP contribution is -2.51. The standard InChI is InChI=1S/C10H20N2S/c1-13-10-3-2-8(6-10)12-9-4-7(11)5-9/h7-10,12H,2-6,11H2,1H3. The van der Waals surface area contributed by atoms with Crippen LogP contribution in [0.3, 0.4) is 0 Å². The summed E-state index contributed by atoms with van der Waals surface area (Å²) < 4.78 is 0. The number of nitrogens with one attached hydrogen (secondary N) is 1. The molecule has 2 saturated carbocycles. The lowest BCUT2D eigenvalue weighted by molar-refractivity contribution is 0.267. The number of rotatable bonds is 3. The molecule has 2 unspecified atom stereocenters. The van der Waals surface area contributed by atoms with Crippen LogP contribution in [0.5, 0.6) is 0 Å². The van der Waals surface area contributed by atoms with Crippen LogP contribution in [-0.2, 0) is 0 Å². The van der Waals surface area contributed by atoms with E-state index in [1.807, 2.05) is 11.8 Å². The van der Waals surface area contributed by atoms with Gasteiger partial charge in [-0.3, -0.25) is 0 Å². The summed E-state index contributed by atoms with van der Waals surface area (Å²) in [6, 6.07) is 2.01. The van der Waals surface area contributed by atoms with E-state index in [-0.39, 0.29) is 0 Å². The molecule has 0 spiro atoms. The van der Waals surface area contributed by atoms with Gasteiger partial charge in [0, 0.05) is 23.4 Å². The molecule has 2 nitrogen and oxygen atoms in total. The van der Waals surface area contributed by atoms with E-state index in [1.54, 1.807) is 0 Å². The van der Waals surface area contributed by atoms with E-state index < -0.39 is 0 Å². The van der Waals surface area contributed by atoms with Gasteiger partial charge < -0.3 is 11.1 Å². The molecule has 2 fully saturated rings. The summed E-state index contributed by atoms with van der Waals surface area (Å²) >= 11 is 2.02. The smallest absolute Gasteiger partial charge is 0.00991 e. The molecule has 2 aliphatic carbocycles. The molecule has 0 amide bonds. The van der Waals surface area contributed by atoms with E-state index in [0.717, 1.165) is 17.3 Å². The molecule has 2 aliphatic rings. The molecule has 0 aromatic heterocycles. The van der Waals surface area contributed by atoms with Crippen molar-refractivity contribution in [3.8, 4) is 0 Å². The van der Waals surface area contributed by atoms with E-state index in [2.05, 4.69) is 11.6 Å². The largest absolute Gasteiger partial charge is 0.328 e. The molecule has 0 aromatic carbocycles. The molecule has 13 heavy (non-hydrogen) atoms. The van der Waals surface area contributed by atoms with E-state index in [4.69, 9.17) is 5.73 Å². The van der Waals surface area contributed by atoms with Crippen molar-refractivity contribution in [2.45, 2.75) is 55.5 Å². The second kappa shape index (κ2) is 4.20. The van der Waals surface area contributed by atoms with Crippen molar-refractivity contribution in [3.05, 3.63) is 0 Å². The van der Waals surface area contributed by atoms with E-state index in [9.17, 15) is 0 Å². The quantitative estimate of drug-likeness (QED) is 0.722. The van der Waals surface area contributed by atoms with Crippen LogP contribution in [0.25, 0.3) is 0 Å². The third-order valence-electron chi connectivity index (χ3n) is 3.36. The maximum Gasteiger partial charge on any atom is 0.00991 e. The van der Waals surface area contributed by atoms with Crippen LogP contribution < -0.4 is 11.1 Å². The minimum Gasteiger partial charge on any atom is -0.328 e.